The summed E-state index contributed by atoms with van der Waals surface area (Å²) >= 11 is 0. The fourth-order valence-electron chi connectivity index (χ4n) is 2.42. The van der Waals surface area contributed by atoms with E-state index in [0.717, 1.165) is 23.3 Å². The minimum absolute atomic E-state index is 0.0750. The van der Waals surface area contributed by atoms with Gasteiger partial charge in [0, 0.05) is 12.0 Å². The van der Waals surface area contributed by atoms with Gasteiger partial charge in [0.1, 0.15) is 11.5 Å². The summed E-state index contributed by atoms with van der Waals surface area (Å²) in [6.45, 7) is 4.16. The van der Waals surface area contributed by atoms with Crippen molar-refractivity contribution in [3.8, 4) is 11.5 Å². The number of methoxy groups -OCH3 is 2. The van der Waals surface area contributed by atoms with Crippen LogP contribution in [0.3, 0.4) is 0 Å². The summed E-state index contributed by atoms with van der Waals surface area (Å²) in [4.78, 5) is 12.3. The third kappa shape index (κ3) is 1.90. The fraction of sp³-hybridized carbons (Fsp3) is 0.500. The maximum absolute atomic E-state index is 12.3. The van der Waals surface area contributed by atoms with Crippen molar-refractivity contribution >= 4 is 5.78 Å². The molecular formula is C14H18O3. The third-order valence-electron chi connectivity index (χ3n) is 3.44. The van der Waals surface area contributed by atoms with Gasteiger partial charge in [0.15, 0.2) is 5.78 Å². The molecule has 1 unspecified atom stereocenters. The highest BCUT2D eigenvalue weighted by molar-refractivity contribution is 6.05. The Labute approximate surface area is 102 Å². The van der Waals surface area contributed by atoms with Gasteiger partial charge in [0.05, 0.1) is 19.8 Å². The SMILES string of the molecule is COc1cc2c(c(OC)c1)C(=O)C(C(C)C)C2. The zero-order valence-corrected chi connectivity index (χ0v) is 10.7. The molecule has 2 rings (SSSR count). The van der Waals surface area contributed by atoms with Crippen LogP contribution in [-0.2, 0) is 6.42 Å². The molecule has 1 aromatic carbocycles. The summed E-state index contributed by atoms with van der Waals surface area (Å²) in [5.41, 5.74) is 1.79. The zero-order chi connectivity index (χ0) is 12.6. The first kappa shape index (κ1) is 12.0. The Morgan fingerprint density at radius 2 is 1.94 bits per heavy atom. The number of carbonyl (C=O) groups is 1. The van der Waals surface area contributed by atoms with Crippen LogP contribution in [0.1, 0.15) is 29.8 Å². The van der Waals surface area contributed by atoms with E-state index in [1.54, 1.807) is 20.3 Å². The van der Waals surface area contributed by atoms with Crippen LogP contribution in [-0.4, -0.2) is 20.0 Å². The molecule has 0 spiro atoms. The van der Waals surface area contributed by atoms with Crippen molar-refractivity contribution in [2.45, 2.75) is 20.3 Å². The zero-order valence-electron chi connectivity index (χ0n) is 10.7. The van der Waals surface area contributed by atoms with Crippen molar-refractivity contribution in [1.29, 1.82) is 0 Å². The van der Waals surface area contributed by atoms with Gasteiger partial charge < -0.3 is 9.47 Å². The number of rotatable bonds is 3. The minimum atomic E-state index is 0.0750. The van der Waals surface area contributed by atoms with Crippen LogP contribution in [0, 0.1) is 11.8 Å². The molecule has 0 aliphatic heterocycles. The van der Waals surface area contributed by atoms with Crippen molar-refractivity contribution in [3.63, 3.8) is 0 Å². The number of ether oxygens (including phenoxy) is 2. The van der Waals surface area contributed by atoms with Gasteiger partial charge in [-0.25, -0.2) is 0 Å². The lowest BCUT2D eigenvalue weighted by Crippen LogP contribution is -2.15. The van der Waals surface area contributed by atoms with Crippen molar-refractivity contribution in [2.75, 3.05) is 14.2 Å². The molecule has 0 fully saturated rings. The molecule has 0 amide bonds. The van der Waals surface area contributed by atoms with E-state index in [4.69, 9.17) is 9.47 Å². The second-order valence-electron chi connectivity index (χ2n) is 4.78. The molecule has 17 heavy (non-hydrogen) atoms. The van der Waals surface area contributed by atoms with Crippen LogP contribution in [0.4, 0.5) is 0 Å². The lowest BCUT2D eigenvalue weighted by atomic mass is 9.92. The van der Waals surface area contributed by atoms with Crippen LogP contribution in [0.2, 0.25) is 0 Å². The molecule has 1 aliphatic carbocycles. The lowest BCUT2D eigenvalue weighted by Gasteiger charge is -2.11. The van der Waals surface area contributed by atoms with E-state index in [-0.39, 0.29) is 11.7 Å². The van der Waals surface area contributed by atoms with Crippen LogP contribution in [0.25, 0.3) is 0 Å². The molecule has 0 aromatic heterocycles. The highest BCUT2D eigenvalue weighted by atomic mass is 16.5. The molecule has 1 atom stereocenters. The van der Waals surface area contributed by atoms with Gasteiger partial charge in [-0.1, -0.05) is 13.8 Å². The van der Waals surface area contributed by atoms with Crippen LogP contribution in [0.15, 0.2) is 12.1 Å². The smallest absolute Gasteiger partial charge is 0.170 e. The number of Topliss-reactive ketones (excluding diaryl/α,β-unsaturated/α-hetero) is 1. The second-order valence-corrected chi connectivity index (χ2v) is 4.78. The van der Waals surface area contributed by atoms with E-state index >= 15 is 0 Å². The average Bonchev–Trinajstić information content (AvgIpc) is 2.65. The molecule has 0 bridgehead atoms. The van der Waals surface area contributed by atoms with Crippen molar-refractivity contribution in [2.24, 2.45) is 11.8 Å². The fourth-order valence-corrected chi connectivity index (χ4v) is 2.42. The van der Waals surface area contributed by atoms with E-state index in [1.165, 1.54) is 0 Å². The van der Waals surface area contributed by atoms with Gasteiger partial charge in [-0.3, -0.25) is 4.79 Å². The Bertz CT molecular complexity index is 449. The van der Waals surface area contributed by atoms with E-state index in [0.29, 0.717) is 11.7 Å². The normalized spacial score (nSPS) is 18.4. The summed E-state index contributed by atoms with van der Waals surface area (Å²) in [7, 11) is 3.21. The quantitative estimate of drug-likeness (QED) is 0.806. The molecule has 3 nitrogen and oxygen atoms in total. The Balaban J connectivity index is 2.50. The predicted octanol–water partition coefficient (Wildman–Crippen LogP) is 2.71. The summed E-state index contributed by atoms with van der Waals surface area (Å²) < 4.78 is 10.5. The number of hydrogen-bond donors (Lipinski definition) is 0. The third-order valence-corrected chi connectivity index (χ3v) is 3.44. The van der Waals surface area contributed by atoms with Crippen LogP contribution in [0.5, 0.6) is 11.5 Å². The predicted molar refractivity (Wildman–Crippen MR) is 65.9 cm³/mol. The molecule has 92 valence electrons. The molecule has 0 heterocycles. The molecular weight excluding hydrogens is 216 g/mol. The van der Waals surface area contributed by atoms with Gasteiger partial charge in [0.25, 0.3) is 0 Å². The lowest BCUT2D eigenvalue weighted by molar-refractivity contribution is 0.0903. The maximum Gasteiger partial charge on any atom is 0.170 e. The summed E-state index contributed by atoms with van der Waals surface area (Å²) in [5, 5.41) is 0. The molecule has 3 heteroatoms. The molecule has 1 aromatic rings. The largest absolute Gasteiger partial charge is 0.497 e. The number of hydrogen-bond acceptors (Lipinski definition) is 3. The Morgan fingerprint density at radius 1 is 1.24 bits per heavy atom. The van der Waals surface area contributed by atoms with Gasteiger partial charge in [0.2, 0.25) is 0 Å². The Morgan fingerprint density at radius 3 is 2.47 bits per heavy atom. The average molecular weight is 234 g/mol. The second kappa shape index (κ2) is 4.40. The Hall–Kier alpha value is -1.51. The van der Waals surface area contributed by atoms with Gasteiger partial charge >= 0.3 is 0 Å². The van der Waals surface area contributed by atoms with Crippen LogP contribution >= 0.6 is 0 Å². The minimum Gasteiger partial charge on any atom is -0.497 e. The molecule has 1 aliphatic rings. The van der Waals surface area contributed by atoms with Gasteiger partial charge in [-0.15, -0.1) is 0 Å². The van der Waals surface area contributed by atoms with Crippen LogP contribution < -0.4 is 9.47 Å². The number of carbonyl (C=O) groups excluding carboxylic acids is 1. The van der Waals surface area contributed by atoms with E-state index in [1.807, 2.05) is 6.07 Å². The highest BCUT2D eigenvalue weighted by Crippen LogP contribution is 2.39. The van der Waals surface area contributed by atoms with Crippen molar-refractivity contribution in [3.05, 3.63) is 23.3 Å². The summed E-state index contributed by atoms with van der Waals surface area (Å²) in [6.07, 6.45) is 0.791. The first-order chi connectivity index (χ1) is 8.08. The number of fused-ring (bicyclic) bond motifs is 1. The highest BCUT2D eigenvalue weighted by Gasteiger charge is 2.35. The van der Waals surface area contributed by atoms with E-state index in [9.17, 15) is 4.79 Å². The van der Waals surface area contributed by atoms with Gasteiger partial charge in [-0.2, -0.15) is 0 Å². The van der Waals surface area contributed by atoms with E-state index in [2.05, 4.69) is 13.8 Å². The molecule has 0 saturated carbocycles. The first-order valence-corrected chi connectivity index (χ1v) is 5.87. The number of benzene rings is 1. The van der Waals surface area contributed by atoms with Crippen molar-refractivity contribution in [1.82, 2.24) is 0 Å². The van der Waals surface area contributed by atoms with Crippen molar-refractivity contribution < 1.29 is 14.3 Å². The van der Waals surface area contributed by atoms with E-state index < -0.39 is 0 Å². The molecule has 0 saturated heterocycles. The first-order valence-electron chi connectivity index (χ1n) is 5.87. The molecule has 0 N–H and O–H groups in total. The van der Waals surface area contributed by atoms with Gasteiger partial charge in [-0.05, 0) is 24.0 Å². The monoisotopic (exact) mass is 234 g/mol. The Kier molecular flexibility index (Phi) is 3.09. The molecule has 0 radical (unpaired) electrons. The standard InChI is InChI=1S/C14H18O3/c1-8(2)11-6-9-5-10(16-3)7-12(17-4)13(9)14(11)15/h5,7-8,11H,6H2,1-4H3. The maximum atomic E-state index is 12.3. The summed E-state index contributed by atoms with van der Waals surface area (Å²) in [5.74, 6) is 2.01. The topological polar surface area (TPSA) is 35.5 Å². The number of ketones is 1. The summed E-state index contributed by atoms with van der Waals surface area (Å²) in [6, 6.07) is 3.72.